The molecule has 1 aliphatic rings. The fourth-order valence-electron chi connectivity index (χ4n) is 2.17. The van der Waals surface area contributed by atoms with Gasteiger partial charge in [0.1, 0.15) is 5.02 Å². The first-order valence-corrected chi connectivity index (χ1v) is 5.50. The number of anilines is 1. The van der Waals surface area contributed by atoms with Crippen LogP contribution in [-0.2, 0) is 11.3 Å². The average molecular weight is 230 g/mol. The van der Waals surface area contributed by atoms with Gasteiger partial charge in [-0.2, -0.15) is 5.10 Å². The first-order valence-electron chi connectivity index (χ1n) is 5.13. The van der Waals surface area contributed by atoms with Crippen LogP contribution >= 0.6 is 11.6 Å². The first-order chi connectivity index (χ1) is 7.15. The molecular weight excluding hydrogens is 214 g/mol. The van der Waals surface area contributed by atoms with Crippen LogP contribution < -0.4 is 5.73 Å². The molecule has 0 amide bonds. The number of halogens is 1. The van der Waals surface area contributed by atoms with E-state index >= 15 is 0 Å². The molecule has 4 nitrogen and oxygen atoms in total. The number of hydrogen-bond acceptors (Lipinski definition) is 3. The van der Waals surface area contributed by atoms with Crippen molar-refractivity contribution in [1.29, 1.82) is 0 Å². The third-order valence-electron chi connectivity index (χ3n) is 3.11. The lowest BCUT2D eigenvalue weighted by molar-refractivity contribution is 0.000791. The lowest BCUT2D eigenvalue weighted by atomic mass is 9.69. The monoisotopic (exact) mass is 229 g/mol. The maximum absolute atomic E-state index is 5.86. The summed E-state index contributed by atoms with van der Waals surface area (Å²) in [5.74, 6) is 0.406. The SMILES string of the molecule is COCC1(Cn2cc(Cl)c(N)n2)CCC1. The molecule has 5 heteroatoms. The van der Waals surface area contributed by atoms with E-state index in [-0.39, 0.29) is 5.41 Å². The van der Waals surface area contributed by atoms with Crippen LogP contribution in [0.2, 0.25) is 5.02 Å². The van der Waals surface area contributed by atoms with Gasteiger partial charge in [0.25, 0.3) is 0 Å². The first kappa shape index (κ1) is 10.8. The Hall–Kier alpha value is -0.740. The van der Waals surface area contributed by atoms with Crippen molar-refractivity contribution in [3.8, 4) is 0 Å². The van der Waals surface area contributed by atoms with E-state index in [9.17, 15) is 0 Å². The van der Waals surface area contributed by atoms with E-state index in [0.29, 0.717) is 10.8 Å². The van der Waals surface area contributed by atoms with Crippen LogP contribution in [-0.4, -0.2) is 23.5 Å². The van der Waals surface area contributed by atoms with Crippen LogP contribution in [0, 0.1) is 5.41 Å². The Kier molecular flexibility index (Phi) is 2.89. The number of methoxy groups -OCH3 is 1. The van der Waals surface area contributed by atoms with Gasteiger partial charge in [0, 0.05) is 25.3 Å². The van der Waals surface area contributed by atoms with Gasteiger partial charge in [-0.05, 0) is 12.8 Å². The van der Waals surface area contributed by atoms with E-state index in [1.165, 1.54) is 19.3 Å². The highest BCUT2D eigenvalue weighted by molar-refractivity contribution is 6.32. The zero-order chi connectivity index (χ0) is 10.9. The molecule has 1 saturated carbocycles. The van der Waals surface area contributed by atoms with Crippen molar-refractivity contribution in [3.05, 3.63) is 11.2 Å². The average Bonchev–Trinajstić information content (AvgIpc) is 2.42. The molecule has 1 aliphatic carbocycles. The third-order valence-corrected chi connectivity index (χ3v) is 3.40. The molecule has 1 heterocycles. The van der Waals surface area contributed by atoms with Gasteiger partial charge in [0.15, 0.2) is 5.82 Å². The van der Waals surface area contributed by atoms with Crippen LogP contribution in [0.1, 0.15) is 19.3 Å². The van der Waals surface area contributed by atoms with Gasteiger partial charge < -0.3 is 10.5 Å². The zero-order valence-electron chi connectivity index (χ0n) is 8.87. The summed E-state index contributed by atoms with van der Waals surface area (Å²) in [7, 11) is 1.74. The summed E-state index contributed by atoms with van der Waals surface area (Å²) in [4.78, 5) is 0. The second-order valence-corrected chi connectivity index (χ2v) is 4.75. The Bertz CT molecular complexity index is 327. The van der Waals surface area contributed by atoms with Gasteiger partial charge in [-0.15, -0.1) is 0 Å². The molecule has 84 valence electrons. The number of ether oxygens (including phenoxy) is 1. The summed E-state index contributed by atoms with van der Waals surface area (Å²) in [5.41, 5.74) is 5.84. The summed E-state index contributed by atoms with van der Waals surface area (Å²) in [5, 5.41) is 4.70. The summed E-state index contributed by atoms with van der Waals surface area (Å²) in [6, 6.07) is 0. The molecule has 0 aromatic carbocycles. The maximum Gasteiger partial charge on any atom is 0.164 e. The second-order valence-electron chi connectivity index (χ2n) is 4.35. The molecule has 1 aromatic rings. The number of hydrogen-bond donors (Lipinski definition) is 1. The lowest BCUT2D eigenvalue weighted by Crippen LogP contribution is -2.38. The molecule has 2 N–H and O–H groups in total. The summed E-state index contributed by atoms with van der Waals surface area (Å²) < 4.78 is 7.08. The molecule has 0 atom stereocenters. The van der Waals surface area contributed by atoms with Crippen molar-refractivity contribution < 1.29 is 4.74 Å². The maximum atomic E-state index is 5.86. The van der Waals surface area contributed by atoms with Gasteiger partial charge in [0.2, 0.25) is 0 Å². The van der Waals surface area contributed by atoms with Crippen molar-refractivity contribution >= 4 is 17.4 Å². The van der Waals surface area contributed by atoms with Crippen LogP contribution in [0.4, 0.5) is 5.82 Å². The molecular formula is C10H16ClN3O. The van der Waals surface area contributed by atoms with E-state index in [2.05, 4.69) is 5.10 Å². The van der Waals surface area contributed by atoms with Gasteiger partial charge in [-0.1, -0.05) is 18.0 Å². The Labute approximate surface area is 94.3 Å². The number of nitrogens with zero attached hydrogens (tertiary/aromatic N) is 2. The quantitative estimate of drug-likeness (QED) is 0.859. The molecule has 0 saturated heterocycles. The Morgan fingerprint density at radius 3 is 2.80 bits per heavy atom. The Morgan fingerprint density at radius 1 is 1.67 bits per heavy atom. The van der Waals surface area contributed by atoms with Gasteiger partial charge >= 0.3 is 0 Å². The highest BCUT2D eigenvalue weighted by Crippen LogP contribution is 2.42. The molecule has 1 aromatic heterocycles. The minimum Gasteiger partial charge on any atom is -0.384 e. The van der Waals surface area contributed by atoms with Gasteiger partial charge in [0.05, 0.1) is 6.61 Å². The van der Waals surface area contributed by atoms with Gasteiger partial charge in [-0.25, -0.2) is 0 Å². The predicted octanol–water partition coefficient (Wildman–Crippen LogP) is 1.94. The highest BCUT2D eigenvalue weighted by atomic mass is 35.5. The molecule has 1 fully saturated rings. The Balaban J connectivity index is 2.06. The van der Waals surface area contributed by atoms with E-state index in [1.54, 1.807) is 13.3 Å². The van der Waals surface area contributed by atoms with Gasteiger partial charge in [-0.3, -0.25) is 4.68 Å². The van der Waals surface area contributed by atoms with E-state index < -0.39 is 0 Å². The summed E-state index contributed by atoms with van der Waals surface area (Å²) >= 11 is 5.86. The minimum absolute atomic E-state index is 0.247. The van der Waals surface area contributed by atoms with E-state index in [0.717, 1.165) is 13.2 Å². The topological polar surface area (TPSA) is 53.1 Å². The van der Waals surface area contributed by atoms with Crippen LogP contribution in [0.5, 0.6) is 0 Å². The number of aromatic nitrogens is 2. The molecule has 2 rings (SSSR count). The van der Waals surface area contributed by atoms with Crippen molar-refractivity contribution in [3.63, 3.8) is 0 Å². The molecule has 0 radical (unpaired) electrons. The standard InChI is InChI=1S/C10H16ClN3O/c1-15-7-10(3-2-4-10)6-14-5-8(11)9(12)13-14/h5H,2-4,6-7H2,1H3,(H2,12,13). The fourth-order valence-corrected chi connectivity index (χ4v) is 2.32. The number of nitrogen functional groups attached to an aromatic ring is 1. The molecule has 0 aliphatic heterocycles. The van der Waals surface area contributed by atoms with Crippen LogP contribution in [0.15, 0.2) is 6.20 Å². The van der Waals surface area contributed by atoms with Crippen molar-refractivity contribution in [1.82, 2.24) is 9.78 Å². The van der Waals surface area contributed by atoms with Crippen LogP contribution in [0.25, 0.3) is 0 Å². The van der Waals surface area contributed by atoms with Crippen molar-refractivity contribution in [2.45, 2.75) is 25.8 Å². The summed E-state index contributed by atoms with van der Waals surface area (Å²) in [6.07, 6.45) is 5.44. The zero-order valence-corrected chi connectivity index (χ0v) is 9.63. The minimum atomic E-state index is 0.247. The molecule has 0 spiro atoms. The summed E-state index contributed by atoms with van der Waals surface area (Å²) in [6.45, 7) is 1.63. The smallest absolute Gasteiger partial charge is 0.164 e. The molecule has 0 unspecified atom stereocenters. The fraction of sp³-hybridized carbons (Fsp3) is 0.700. The highest BCUT2D eigenvalue weighted by Gasteiger charge is 2.37. The largest absolute Gasteiger partial charge is 0.384 e. The van der Waals surface area contributed by atoms with Crippen molar-refractivity contribution in [2.75, 3.05) is 19.5 Å². The third kappa shape index (κ3) is 2.11. The van der Waals surface area contributed by atoms with E-state index in [4.69, 9.17) is 22.1 Å². The molecule has 15 heavy (non-hydrogen) atoms. The van der Waals surface area contributed by atoms with Crippen LogP contribution in [0.3, 0.4) is 0 Å². The van der Waals surface area contributed by atoms with Crippen molar-refractivity contribution in [2.24, 2.45) is 5.41 Å². The molecule has 0 bridgehead atoms. The predicted molar refractivity (Wildman–Crippen MR) is 59.8 cm³/mol. The second kappa shape index (κ2) is 4.02. The van der Waals surface area contributed by atoms with E-state index in [1.807, 2.05) is 4.68 Å². The number of nitrogens with two attached hydrogens (primary N) is 1. The lowest BCUT2D eigenvalue weighted by Gasteiger charge is -2.41. The Morgan fingerprint density at radius 2 is 2.40 bits per heavy atom. The normalized spacial score (nSPS) is 18.8. The number of rotatable bonds is 4.